The van der Waals surface area contributed by atoms with Crippen LogP contribution < -0.4 is 16.0 Å². The Labute approximate surface area is 220 Å². The van der Waals surface area contributed by atoms with Crippen molar-refractivity contribution < 1.29 is 27.2 Å². The molecule has 0 atom stereocenters. The number of Topliss-reactive ketones (excluding diaryl/α,β-unsaturated/α-hetero) is 1. The highest BCUT2D eigenvalue weighted by Gasteiger charge is 2.31. The summed E-state index contributed by atoms with van der Waals surface area (Å²) < 4.78 is 52.9. The van der Waals surface area contributed by atoms with Gasteiger partial charge in [-0.05, 0) is 84.3 Å². The van der Waals surface area contributed by atoms with Gasteiger partial charge in [-0.25, -0.2) is 9.18 Å². The van der Waals surface area contributed by atoms with E-state index < -0.39 is 29.3 Å². The fourth-order valence-corrected chi connectivity index (χ4v) is 4.32. The minimum Gasteiger partial charge on any atom is -0.362 e. The van der Waals surface area contributed by atoms with Gasteiger partial charge >= 0.3 is 12.2 Å². The molecule has 0 radical (unpaired) electrons. The number of urea groups is 1. The normalized spacial score (nSPS) is 13.9. The van der Waals surface area contributed by atoms with E-state index in [0.29, 0.717) is 35.1 Å². The Morgan fingerprint density at radius 3 is 2.49 bits per heavy atom. The Bertz CT molecular complexity index is 1610. The van der Waals surface area contributed by atoms with Crippen molar-refractivity contribution in [1.29, 1.82) is 0 Å². The van der Waals surface area contributed by atoms with E-state index in [1.54, 1.807) is 24.4 Å². The Hall–Kier alpha value is -4.86. The van der Waals surface area contributed by atoms with Crippen molar-refractivity contribution >= 4 is 46.2 Å². The number of carbonyl (C=O) groups excluding carboxylic acids is 2. The molecule has 1 aliphatic carbocycles. The monoisotopic (exact) mass is 534 g/mol. The average molecular weight is 535 g/mol. The number of H-pyrrole nitrogens is 1. The number of ketones is 1. The van der Waals surface area contributed by atoms with Crippen LogP contribution in [-0.2, 0) is 17.4 Å². The molecular weight excluding hydrogens is 512 g/mol. The third kappa shape index (κ3) is 5.69. The van der Waals surface area contributed by atoms with Gasteiger partial charge in [-0.2, -0.15) is 13.2 Å². The number of rotatable bonds is 5. The second-order valence-corrected chi connectivity index (χ2v) is 9.08. The average Bonchev–Trinajstić information content (AvgIpc) is 3.49. The fourth-order valence-electron chi connectivity index (χ4n) is 4.32. The van der Waals surface area contributed by atoms with E-state index in [0.717, 1.165) is 28.1 Å². The number of benzene rings is 3. The van der Waals surface area contributed by atoms with Crippen LogP contribution in [0, 0.1) is 12.7 Å². The summed E-state index contributed by atoms with van der Waals surface area (Å²) in [5, 5.41) is 7.91. The molecule has 3 aromatic carbocycles. The summed E-state index contributed by atoms with van der Waals surface area (Å²) in [6, 6.07) is 15.3. The summed E-state index contributed by atoms with van der Waals surface area (Å²) in [5.41, 5.74) is 4.15. The zero-order chi connectivity index (χ0) is 27.7. The highest BCUT2D eigenvalue weighted by molar-refractivity contribution is 6.29. The topological polar surface area (TPSA) is 86.0 Å². The van der Waals surface area contributed by atoms with E-state index in [2.05, 4.69) is 20.9 Å². The number of hydrogen-bond donors (Lipinski definition) is 4. The summed E-state index contributed by atoms with van der Waals surface area (Å²) in [6.45, 7) is 1.86. The lowest BCUT2D eigenvalue weighted by Crippen LogP contribution is -2.20. The first-order valence-electron chi connectivity index (χ1n) is 11.9. The van der Waals surface area contributed by atoms with E-state index in [1.807, 2.05) is 43.3 Å². The number of halogens is 4. The van der Waals surface area contributed by atoms with Gasteiger partial charge in [0.1, 0.15) is 5.82 Å². The minimum atomic E-state index is -4.68. The van der Waals surface area contributed by atoms with Crippen molar-refractivity contribution in [2.45, 2.75) is 19.5 Å². The highest BCUT2D eigenvalue weighted by Crippen LogP contribution is 2.35. The van der Waals surface area contributed by atoms with Gasteiger partial charge in [-0.1, -0.05) is 12.1 Å². The molecule has 2 amide bonds. The number of amides is 2. The minimum absolute atomic E-state index is 0.0300. The summed E-state index contributed by atoms with van der Waals surface area (Å²) in [4.78, 5) is 28.1. The standard InChI is InChI=1S/C29H22F4N4O2/c1-16-4-6-21(36-28(39)37-26-13-18(29(31,32)33)5-9-24(26)30)15-25(16)35-20-7-8-22-17(11-20)12-27(38)23(22)14-19-3-2-10-34-19/h2-11,13-15,34-35H,12H2,1H3,(H2,36,37,39)/b23-14-. The number of alkyl halides is 3. The van der Waals surface area contributed by atoms with Crippen molar-refractivity contribution in [3.05, 3.63) is 107 Å². The first-order chi connectivity index (χ1) is 18.6. The predicted octanol–water partition coefficient (Wildman–Crippen LogP) is 7.53. The lowest BCUT2D eigenvalue weighted by atomic mass is 10.0. The van der Waals surface area contributed by atoms with Crippen molar-refractivity contribution in [3.63, 3.8) is 0 Å². The molecule has 0 aliphatic heterocycles. The van der Waals surface area contributed by atoms with E-state index in [4.69, 9.17) is 0 Å². The lowest BCUT2D eigenvalue weighted by Gasteiger charge is -2.14. The van der Waals surface area contributed by atoms with Gasteiger partial charge in [0, 0.05) is 40.9 Å². The van der Waals surface area contributed by atoms with Crippen LogP contribution >= 0.6 is 0 Å². The number of fused-ring (bicyclic) bond motifs is 1. The summed E-state index contributed by atoms with van der Waals surface area (Å²) in [7, 11) is 0. The summed E-state index contributed by atoms with van der Waals surface area (Å²) >= 11 is 0. The van der Waals surface area contributed by atoms with Crippen LogP contribution in [0.3, 0.4) is 0 Å². The van der Waals surface area contributed by atoms with E-state index in [-0.39, 0.29) is 12.2 Å². The van der Waals surface area contributed by atoms with Gasteiger partial charge in [0.25, 0.3) is 0 Å². The van der Waals surface area contributed by atoms with Crippen LogP contribution in [0.1, 0.15) is 27.9 Å². The van der Waals surface area contributed by atoms with Crippen LogP contribution in [0.4, 0.5) is 45.1 Å². The molecule has 39 heavy (non-hydrogen) atoms. The maximum atomic E-state index is 14.0. The van der Waals surface area contributed by atoms with Gasteiger partial charge in [0.2, 0.25) is 0 Å². The van der Waals surface area contributed by atoms with Crippen molar-refractivity contribution in [2.24, 2.45) is 0 Å². The molecule has 0 unspecified atom stereocenters. The maximum absolute atomic E-state index is 14.0. The Balaban J connectivity index is 1.31. The van der Waals surface area contributed by atoms with Gasteiger partial charge in [0.05, 0.1) is 11.3 Å². The molecule has 0 bridgehead atoms. The second kappa shape index (κ2) is 10.1. The molecule has 0 saturated carbocycles. The molecular formula is C29H22F4N4O2. The Morgan fingerprint density at radius 2 is 1.74 bits per heavy atom. The predicted molar refractivity (Wildman–Crippen MR) is 142 cm³/mol. The first-order valence-corrected chi connectivity index (χ1v) is 11.9. The largest absolute Gasteiger partial charge is 0.416 e. The Kier molecular flexibility index (Phi) is 6.69. The molecule has 4 N–H and O–H groups in total. The van der Waals surface area contributed by atoms with Crippen LogP contribution in [-0.4, -0.2) is 16.8 Å². The molecule has 0 fully saturated rings. The molecule has 1 heterocycles. The van der Waals surface area contributed by atoms with Crippen LogP contribution in [0.15, 0.2) is 72.9 Å². The molecule has 0 spiro atoms. The van der Waals surface area contributed by atoms with Gasteiger partial charge in [-0.3, -0.25) is 4.79 Å². The lowest BCUT2D eigenvalue weighted by molar-refractivity contribution is -0.137. The van der Waals surface area contributed by atoms with E-state index >= 15 is 0 Å². The molecule has 1 aromatic heterocycles. The molecule has 6 nitrogen and oxygen atoms in total. The SMILES string of the molecule is Cc1ccc(NC(=O)Nc2cc(C(F)(F)F)ccc2F)cc1Nc1ccc2c(c1)CC(=O)/C2=C\c1ccc[nH]1. The van der Waals surface area contributed by atoms with Gasteiger partial charge < -0.3 is 20.9 Å². The number of anilines is 4. The Morgan fingerprint density at radius 1 is 0.949 bits per heavy atom. The number of allylic oxidation sites excluding steroid dienone is 1. The third-order valence-electron chi connectivity index (χ3n) is 6.29. The number of hydrogen-bond acceptors (Lipinski definition) is 3. The quantitative estimate of drug-likeness (QED) is 0.158. The van der Waals surface area contributed by atoms with Crippen molar-refractivity contribution in [3.8, 4) is 0 Å². The zero-order valence-corrected chi connectivity index (χ0v) is 20.5. The fraction of sp³-hybridized carbons (Fsp3) is 0.103. The van der Waals surface area contributed by atoms with Gasteiger partial charge in [-0.15, -0.1) is 0 Å². The van der Waals surface area contributed by atoms with Gasteiger partial charge in [0.15, 0.2) is 5.78 Å². The summed E-state index contributed by atoms with van der Waals surface area (Å²) in [6.07, 6.45) is -0.775. The molecule has 10 heteroatoms. The molecule has 0 saturated heterocycles. The number of aromatic nitrogens is 1. The van der Waals surface area contributed by atoms with Crippen molar-refractivity contribution in [1.82, 2.24) is 4.98 Å². The second-order valence-electron chi connectivity index (χ2n) is 9.08. The molecule has 1 aliphatic rings. The summed E-state index contributed by atoms with van der Waals surface area (Å²) in [5.74, 6) is -0.965. The highest BCUT2D eigenvalue weighted by atomic mass is 19.4. The molecule has 4 aromatic rings. The van der Waals surface area contributed by atoms with Crippen LogP contribution in [0.25, 0.3) is 11.6 Å². The number of aryl methyl sites for hydroxylation is 1. The zero-order valence-electron chi connectivity index (χ0n) is 20.5. The number of nitrogens with one attached hydrogen (secondary N) is 4. The smallest absolute Gasteiger partial charge is 0.362 e. The first kappa shape index (κ1) is 25.8. The van der Waals surface area contributed by atoms with E-state index in [9.17, 15) is 27.2 Å². The molecule has 198 valence electrons. The van der Waals surface area contributed by atoms with E-state index in [1.165, 1.54) is 0 Å². The number of carbonyl (C=O) groups is 2. The maximum Gasteiger partial charge on any atom is 0.416 e. The van der Waals surface area contributed by atoms with Crippen LogP contribution in [0.2, 0.25) is 0 Å². The third-order valence-corrected chi connectivity index (χ3v) is 6.29. The number of aromatic amines is 1. The van der Waals surface area contributed by atoms with Crippen LogP contribution in [0.5, 0.6) is 0 Å². The molecule has 5 rings (SSSR count). The van der Waals surface area contributed by atoms with Crippen molar-refractivity contribution in [2.75, 3.05) is 16.0 Å².